The van der Waals surface area contributed by atoms with Crippen LogP contribution in [0, 0.1) is 6.92 Å². The topological polar surface area (TPSA) is 55.6 Å². The molecule has 0 amide bonds. The fraction of sp³-hybridized carbons (Fsp3) is 0.438. The molecule has 1 N–H and O–H groups in total. The van der Waals surface area contributed by atoms with Crippen LogP contribution in [0.4, 0.5) is 5.82 Å². The maximum atomic E-state index is 4.65. The van der Waals surface area contributed by atoms with E-state index in [1.165, 1.54) is 28.7 Å². The summed E-state index contributed by atoms with van der Waals surface area (Å²) in [6.07, 6.45) is 7.46. The number of rotatable bonds is 4. The van der Waals surface area contributed by atoms with Gasteiger partial charge in [0.05, 0.1) is 11.9 Å². The molecule has 114 valence electrons. The molecule has 1 aliphatic carbocycles. The van der Waals surface area contributed by atoms with E-state index in [4.69, 9.17) is 0 Å². The van der Waals surface area contributed by atoms with Crippen LogP contribution in [0.25, 0.3) is 10.2 Å². The third-order valence-electron chi connectivity index (χ3n) is 4.23. The molecular weight excluding hydrogens is 294 g/mol. The Hall–Kier alpha value is -1.95. The summed E-state index contributed by atoms with van der Waals surface area (Å²) < 4.78 is 2.15. The molecule has 0 aliphatic heterocycles. The van der Waals surface area contributed by atoms with Gasteiger partial charge in [-0.15, -0.1) is 11.3 Å². The Kier molecular flexibility index (Phi) is 3.33. The molecule has 3 aromatic rings. The van der Waals surface area contributed by atoms with Gasteiger partial charge < -0.3 is 9.88 Å². The number of nitrogens with one attached hydrogen (secondary N) is 1. The van der Waals surface area contributed by atoms with Gasteiger partial charge in [0, 0.05) is 23.8 Å². The molecule has 6 heteroatoms. The Morgan fingerprint density at radius 3 is 3.09 bits per heavy atom. The Morgan fingerprint density at radius 2 is 2.23 bits per heavy atom. The lowest BCUT2D eigenvalue weighted by Crippen LogP contribution is -2.09. The van der Waals surface area contributed by atoms with Crippen LogP contribution in [0.5, 0.6) is 0 Å². The zero-order valence-corrected chi connectivity index (χ0v) is 13.7. The monoisotopic (exact) mass is 313 g/mol. The van der Waals surface area contributed by atoms with Crippen LogP contribution >= 0.6 is 11.3 Å². The summed E-state index contributed by atoms with van der Waals surface area (Å²) in [4.78, 5) is 16.3. The maximum absolute atomic E-state index is 4.65. The Bertz CT molecular complexity index is 833. The summed E-state index contributed by atoms with van der Waals surface area (Å²) in [5.41, 5.74) is 1.46. The average Bonchev–Trinajstić information content (AvgIpc) is 3.18. The zero-order chi connectivity index (χ0) is 15.1. The highest BCUT2D eigenvalue weighted by Gasteiger charge is 2.21. The second kappa shape index (κ2) is 5.35. The van der Waals surface area contributed by atoms with Gasteiger partial charge in [0.1, 0.15) is 22.3 Å². The van der Waals surface area contributed by atoms with Crippen molar-refractivity contribution in [2.24, 2.45) is 0 Å². The van der Waals surface area contributed by atoms with Crippen molar-refractivity contribution in [2.45, 2.75) is 46.2 Å². The van der Waals surface area contributed by atoms with Crippen LogP contribution in [0.3, 0.4) is 0 Å². The van der Waals surface area contributed by atoms with E-state index in [2.05, 4.69) is 31.8 Å². The second-order valence-electron chi connectivity index (χ2n) is 5.64. The lowest BCUT2D eigenvalue weighted by molar-refractivity contribution is 0.707. The van der Waals surface area contributed by atoms with Crippen molar-refractivity contribution in [1.82, 2.24) is 19.5 Å². The van der Waals surface area contributed by atoms with E-state index in [-0.39, 0.29) is 0 Å². The number of aryl methyl sites for hydroxylation is 4. The first-order valence-electron chi connectivity index (χ1n) is 7.79. The van der Waals surface area contributed by atoms with Crippen molar-refractivity contribution < 1.29 is 0 Å². The Morgan fingerprint density at radius 1 is 1.32 bits per heavy atom. The minimum Gasteiger partial charge on any atom is -0.362 e. The van der Waals surface area contributed by atoms with Crippen molar-refractivity contribution in [3.63, 3.8) is 0 Å². The van der Waals surface area contributed by atoms with Gasteiger partial charge in [-0.3, -0.25) is 0 Å². The Balaban J connectivity index is 1.71. The van der Waals surface area contributed by atoms with E-state index in [0.29, 0.717) is 6.54 Å². The average molecular weight is 313 g/mol. The summed E-state index contributed by atoms with van der Waals surface area (Å²) in [7, 11) is 0. The van der Waals surface area contributed by atoms with Gasteiger partial charge in [-0.2, -0.15) is 0 Å². The molecule has 0 aromatic carbocycles. The smallest absolute Gasteiger partial charge is 0.139 e. The van der Waals surface area contributed by atoms with E-state index < -0.39 is 0 Å². The highest BCUT2D eigenvalue weighted by molar-refractivity contribution is 7.19. The predicted octanol–water partition coefficient (Wildman–Crippen LogP) is 3.32. The minimum atomic E-state index is 0.691. The minimum absolute atomic E-state index is 0.691. The number of thiophene rings is 1. The van der Waals surface area contributed by atoms with Crippen molar-refractivity contribution in [2.75, 3.05) is 5.32 Å². The van der Waals surface area contributed by atoms with Gasteiger partial charge >= 0.3 is 0 Å². The van der Waals surface area contributed by atoms with Crippen molar-refractivity contribution in [3.8, 4) is 0 Å². The van der Waals surface area contributed by atoms with E-state index in [1.54, 1.807) is 0 Å². The molecule has 0 radical (unpaired) electrons. The van der Waals surface area contributed by atoms with Crippen molar-refractivity contribution in [1.29, 1.82) is 0 Å². The Labute approximate surface area is 133 Å². The van der Waals surface area contributed by atoms with Crippen LogP contribution in [-0.2, 0) is 25.9 Å². The largest absolute Gasteiger partial charge is 0.362 e. The number of imidazole rings is 1. The van der Waals surface area contributed by atoms with E-state index in [1.807, 2.05) is 30.7 Å². The summed E-state index contributed by atoms with van der Waals surface area (Å²) >= 11 is 1.83. The van der Waals surface area contributed by atoms with Gasteiger partial charge in [-0.1, -0.05) is 0 Å². The molecule has 0 fully saturated rings. The van der Waals surface area contributed by atoms with Gasteiger partial charge in [-0.25, -0.2) is 15.0 Å². The van der Waals surface area contributed by atoms with E-state index in [9.17, 15) is 0 Å². The predicted molar refractivity (Wildman–Crippen MR) is 89.4 cm³/mol. The number of aromatic nitrogens is 4. The summed E-state index contributed by atoms with van der Waals surface area (Å²) in [5.74, 6) is 2.83. The summed E-state index contributed by atoms with van der Waals surface area (Å²) in [6.45, 7) is 5.71. The second-order valence-corrected chi connectivity index (χ2v) is 6.72. The number of hydrogen-bond acceptors (Lipinski definition) is 5. The molecule has 1 aliphatic rings. The van der Waals surface area contributed by atoms with Gasteiger partial charge in [-0.05, 0) is 38.7 Å². The molecule has 22 heavy (non-hydrogen) atoms. The fourth-order valence-electron chi connectivity index (χ4n) is 3.19. The number of fused-ring (bicyclic) bond motifs is 3. The van der Waals surface area contributed by atoms with Crippen molar-refractivity contribution >= 4 is 27.4 Å². The van der Waals surface area contributed by atoms with Gasteiger partial charge in [0.2, 0.25) is 0 Å². The highest BCUT2D eigenvalue weighted by Crippen LogP contribution is 2.39. The van der Waals surface area contributed by atoms with Crippen LogP contribution in [0.2, 0.25) is 0 Å². The van der Waals surface area contributed by atoms with Gasteiger partial charge in [0.25, 0.3) is 0 Å². The number of nitrogens with zero attached hydrogens (tertiary/aromatic N) is 4. The maximum Gasteiger partial charge on any atom is 0.139 e. The fourth-order valence-corrected chi connectivity index (χ4v) is 4.50. The molecule has 0 saturated carbocycles. The molecule has 3 aromatic heterocycles. The highest BCUT2D eigenvalue weighted by atomic mass is 32.1. The lowest BCUT2D eigenvalue weighted by Gasteiger charge is -2.10. The normalized spacial score (nSPS) is 13.7. The standard InChI is InChI=1S/C16H19N5S/c1-3-21-8-7-17-13(21)9-18-15-14-11-5-4-6-12(11)22-16(14)20-10(2)19-15/h7-8H,3-6,9H2,1-2H3,(H,18,19,20). The zero-order valence-electron chi connectivity index (χ0n) is 12.9. The molecule has 5 nitrogen and oxygen atoms in total. The van der Waals surface area contributed by atoms with E-state index in [0.717, 1.165) is 35.3 Å². The van der Waals surface area contributed by atoms with Crippen LogP contribution in [0.1, 0.15) is 35.4 Å². The van der Waals surface area contributed by atoms with E-state index >= 15 is 0 Å². The first kappa shape index (κ1) is 13.7. The molecule has 3 heterocycles. The lowest BCUT2D eigenvalue weighted by atomic mass is 10.2. The molecule has 0 unspecified atom stereocenters. The quantitative estimate of drug-likeness (QED) is 0.803. The first-order chi connectivity index (χ1) is 10.8. The van der Waals surface area contributed by atoms with Gasteiger partial charge in [0.15, 0.2) is 0 Å². The number of anilines is 1. The molecule has 4 rings (SSSR count). The molecular formula is C16H19N5S. The van der Waals surface area contributed by atoms with Crippen molar-refractivity contribution in [3.05, 3.63) is 34.5 Å². The SMILES string of the molecule is CCn1ccnc1CNc1nc(C)nc2sc3c(c12)CCC3. The molecule has 0 saturated heterocycles. The van der Waals surface area contributed by atoms with Crippen LogP contribution < -0.4 is 5.32 Å². The molecule has 0 spiro atoms. The van der Waals surface area contributed by atoms with Crippen LogP contribution in [0.15, 0.2) is 12.4 Å². The third kappa shape index (κ3) is 2.18. The van der Waals surface area contributed by atoms with Crippen LogP contribution in [-0.4, -0.2) is 19.5 Å². The first-order valence-corrected chi connectivity index (χ1v) is 8.60. The molecule has 0 bridgehead atoms. The number of hydrogen-bond donors (Lipinski definition) is 1. The molecule has 0 atom stereocenters. The third-order valence-corrected chi connectivity index (χ3v) is 5.42. The summed E-state index contributed by atoms with van der Waals surface area (Å²) in [6, 6.07) is 0. The summed E-state index contributed by atoms with van der Waals surface area (Å²) in [5, 5.41) is 4.73.